The summed E-state index contributed by atoms with van der Waals surface area (Å²) < 4.78 is 11.2. The Labute approximate surface area is 172 Å². The lowest BCUT2D eigenvalue weighted by Gasteiger charge is -2.22. The lowest BCUT2D eigenvalue weighted by Crippen LogP contribution is -2.34. The van der Waals surface area contributed by atoms with E-state index in [1.807, 2.05) is 13.8 Å². The summed E-state index contributed by atoms with van der Waals surface area (Å²) in [4.78, 5) is 30.7. The van der Waals surface area contributed by atoms with Gasteiger partial charge in [0, 0.05) is 36.8 Å². The smallest absolute Gasteiger partial charge is 0.295 e. The quantitative estimate of drug-likeness (QED) is 0.735. The molecule has 0 spiro atoms. The summed E-state index contributed by atoms with van der Waals surface area (Å²) in [6.45, 7) is 5.05. The number of ether oxygens (including phenoxy) is 2. The van der Waals surface area contributed by atoms with Crippen LogP contribution in [-0.4, -0.2) is 55.1 Å². The van der Waals surface area contributed by atoms with E-state index in [2.05, 4.69) is 22.1 Å². The topological polar surface area (TPSA) is 80.8 Å². The second-order valence-electron chi connectivity index (χ2n) is 7.88. The average molecular weight is 399 g/mol. The predicted octanol–water partition coefficient (Wildman–Crippen LogP) is 1.60. The first-order chi connectivity index (χ1) is 13.9. The molecule has 0 radical (unpaired) electrons. The number of hydrogen-bond acceptors (Lipinski definition) is 5. The summed E-state index contributed by atoms with van der Waals surface area (Å²) in [6.07, 6.45) is 4.37. The SMILES string of the molecule is COc1c(C)cnc(CN(C)C(=O)[C@@H]2CO[C@H](CNC(=O)C#CC3CC3)C2)c1C. The van der Waals surface area contributed by atoms with E-state index in [0.29, 0.717) is 32.0 Å². The Morgan fingerprint density at radius 1 is 1.38 bits per heavy atom. The molecule has 0 bridgehead atoms. The Balaban J connectivity index is 1.49. The number of nitrogens with zero attached hydrogens (tertiary/aromatic N) is 2. The standard InChI is InChI=1S/C22H29N3O4/c1-14-10-23-19(15(2)21(14)28-4)12-25(3)22(27)17-9-18(29-13-17)11-24-20(26)8-7-16-5-6-16/h10,16-18H,5-6,9,11-13H2,1-4H3,(H,24,26)/t17-,18-/m0/s1. The Hall–Kier alpha value is -2.59. The highest BCUT2D eigenvalue weighted by molar-refractivity contribution is 5.93. The van der Waals surface area contributed by atoms with Crippen molar-refractivity contribution >= 4 is 11.8 Å². The Morgan fingerprint density at radius 2 is 2.14 bits per heavy atom. The summed E-state index contributed by atoms with van der Waals surface area (Å²) in [6, 6.07) is 0. The van der Waals surface area contributed by atoms with Crippen LogP contribution in [-0.2, 0) is 20.9 Å². The third kappa shape index (κ3) is 5.48. The Bertz CT molecular complexity index is 838. The number of nitrogens with one attached hydrogen (secondary N) is 1. The van der Waals surface area contributed by atoms with Gasteiger partial charge >= 0.3 is 0 Å². The van der Waals surface area contributed by atoms with Crippen molar-refractivity contribution in [2.75, 3.05) is 27.3 Å². The van der Waals surface area contributed by atoms with E-state index in [1.165, 1.54) is 0 Å². The molecule has 2 heterocycles. The van der Waals surface area contributed by atoms with Crippen LogP contribution in [0, 0.1) is 37.5 Å². The van der Waals surface area contributed by atoms with E-state index < -0.39 is 0 Å². The number of methoxy groups -OCH3 is 1. The van der Waals surface area contributed by atoms with E-state index >= 15 is 0 Å². The second kappa shape index (κ2) is 9.27. The molecule has 7 heteroatoms. The van der Waals surface area contributed by atoms with Gasteiger partial charge in [0.2, 0.25) is 5.91 Å². The van der Waals surface area contributed by atoms with Crippen molar-refractivity contribution in [1.82, 2.24) is 15.2 Å². The number of hydrogen-bond donors (Lipinski definition) is 1. The normalized spacial score (nSPS) is 20.6. The van der Waals surface area contributed by atoms with Gasteiger partial charge in [-0.15, -0.1) is 0 Å². The first-order valence-corrected chi connectivity index (χ1v) is 10.0. The molecule has 7 nitrogen and oxygen atoms in total. The van der Waals surface area contributed by atoms with Gasteiger partial charge in [-0.2, -0.15) is 0 Å². The van der Waals surface area contributed by atoms with E-state index in [4.69, 9.17) is 9.47 Å². The lowest BCUT2D eigenvalue weighted by molar-refractivity contribution is -0.134. The van der Waals surface area contributed by atoms with Crippen LogP contribution in [0.3, 0.4) is 0 Å². The third-order valence-corrected chi connectivity index (χ3v) is 5.40. The van der Waals surface area contributed by atoms with Crippen LogP contribution >= 0.6 is 0 Å². The van der Waals surface area contributed by atoms with Crippen molar-refractivity contribution in [3.8, 4) is 17.6 Å². The summed E-state index contributed by atoms with van der Waals surface area (Å²) >= 11 is 0. The molecule has 1 saturated heterocycles. The molecule has 2 atom stereocenters. The van der Waals surface area contributed by atoms with Gasteiger partial charge in [0.15, 0.2) is 0 Å². The van der Waals surface area contributed by atoms with Crippen LogP contribution in [0.2, 0.25) is 0 Å². The summed E-state index contributed by atoms with van der Waals surface area (Å²) in [5.41, 5.74) is 2.74. The highest BCUT2D eigenvalue weighted by atomic mass is 16.5. The van der Waals surface area contributed by atoms with Crippen molar-refractivity contribution in [2.24, 2.45) is 11.8 Å². The summed E-state index contributed by atoms with van der Waals surface area (Å²) in [5.74, 6) is 6.29. The van der Waals surface area contributed by atoms with Crippen molar-refractivity contribution in [2.45, 2.75) is 45.8 Å². The molecule has 2 fully saturated rings. The maximum Gasteiger partial charge on any atom is 0.295 e. The molecule has 0 aromatic carbocycles. The molecule has 1 N–H and O–H groups in total. The maximum atomic E-state index is 12.8. The number of amides is 2. The molecule has 1 aliphatic carbocycles. The van der Waals surface area contributed by atoms with E-state index in [1.54, 1.807) is 25.3 Å². The van der Waals surface area contributed by atoms with Crippen LogP contribution in [0.4, 0.5) is 0 Å². The molecule has 29 heavy (non-hydrogen) atoms. The number of aromatic nitrogens is 1. The maximum absolute atomic E-state index is 12.8. The van der Waals surface area contributed by atoms with Gasteiger partial charge in [-0.05, 0) is 39.0 Å². The van der Waals surface area contributed by atoms with Gasteiger partial charge in [-0.25, -0.2) is 0 Å². The molecule has 2 aliphatic rings. The van der Waals surface area contributed by atoms with Crippen molar-refractivity contribution in [3.05, 3.63) is 23.0 Å². The van der Waals surface area contributed by atoms with E-state index in [-0.39, 0.29) is 23.8 Å². The molecule has 1 saturated carbocycles. The number of carbonyl (C=O) groups is 2. The number of carbonyl (C=O) groups excluding carboxylic acids is 2. The first kappa shape index (κ1) is 21.1. The Morgan fingerprint density at radius 3 is 2.83 bits per heavy atom. The number of rotatable bonds is 6. The highest BCUT2D eigenvalue weighted by Gasteiger charge is 2.33. The first-order valence-electron chi connectivity index (χ1n) is 10.0. The highest BCUT2D eigenvalue weighted by Crippen LogP contribution is 2.27. The van der Waals surface area contributed by atoms with Crippen LogP contribution in [0.1, 0.15) is 36.1 Å². The molecular formula is C22H29N3O4. The minimum atomic E-state index is -0.276. The molecule has 1 aliphatic heterocycles. The lowest BCUT2D eigenvalue weighted by atomic mass is 10.0. The van der Waals surface area contributed by atoms with Crippen LogP contribution in [0.15, 0.2) is 6.20 Å². The fraction of sp³-hybridized carbons (Fsp3) is 0.591. The minimum Gasteiger partial charge on any atom is -0.496 e. The van der Waals surface area contributed by atoms with Crippen LogP contribution < -0.4 is 10.1 Å². The van der Waals surface area contributed by atoms with Gasteiger partial charge in [0.25, 0.3) is 5.91 Å². The van der Waals surface area contributed by atoms with Gasteiger partial charge < -0.3 is 19.7 Å². The van der Waals surface area contributed by atoms with Gasteiger partial charge in [0.1, 0.15) is 5.75 Å². The van der Waals surface area contributed by atoms with E-state index in [9.17, 15) is 9.59 Å². The predicted molar refractivity (Wildman–Crippen MR) is 108 cm³/mol. The van der Waals surface area contributed by atoms with Crippen molar-refractivity contribution in [1.29, 1.82) is 0 Å². The molecule has 1 aromatic rings. The fourth-order valence-electron chi connectivity index (χ4n) is 3.51. The molecular weight excluding hydrogens is 370 g/mol. The second-order valence-corrected chi connectivity index (χ2v) is 7.88. The van der Waals surface area contributed by atoms with Crippen molar-refractivity contribution < 1.29 is 19.1 Å². The molecule has 2 amide bonds. The van der Waals surface area contributed by atoms with Gasteiger partial charge in [-0.1, -0.05) is 5.92 Å². The van der Waals surface area contributed by atoms with Crippen molar-refractivity contribution in [3.63, 3.8) is 0 Å². The van der Waals surface area contributed by atoms with Gasteiger partial charge in [-0.3, -0.25) is 14.6 Å². The molecule has 3 rings (SSSR count). The fourth-order valence-corrected chi connectivity index (χ4v) is 3.51. The third-order valence-electron chi connectivity index (χ3n) is 5.40. The van der Waals surface area contributed by atoms with Crippen LogP contribution in [0.5, 0.6) is 5.75 Å². The zero-order chi connectivity index (χ0) is 21.0. The average Bonchev–Trinajstić information content (AvgIpc) is 3.42. The molecule has 1 aromatic heterocycles. The minimum absolute atomic E-state index is 0.0214. The monoisotopic (exact) mass is 399 g/mol. The number of pyridine rings is 1. The largest absolute Gasteiger partial charge is 0.496 e. The summed E-state index contributed by atoms with van der Waals surface area (Å²) in [5, 5.41) is 2.78. The molecule has 0 unspecified atom stereocenters. The summed E-state index contributed by atoms with van der Waals surface area (Å²) in [7, 11) is 3.42. The van der Waals surface area contributed by atoms with E-state index in [0.717, 1.165) is 35.4 Å². The van der Waals surface area contributed by atoms with Crippen LogP contribution in [0.25, 0.3) is 0 Å². The van der Waals surface area contributed by atoms with Gasteiger partial charge in [0.05, 0.1) is 38.0 Å². The zero-order valence-corrected chi connectivity index (χ0v) is 17.6. The zero-order valence-electron chi connectivity index (χ0n) is 17.6. The Kier molecular flexibility index (Phi) is 6.75. The molecule has 156 valence electrons. The number of aryl methyl sites for hydroxylation is 1.